The first-order valence-corrected chi connectivity index (χ1v) is 9.47. The molecule has 1 aromatic carbocycles. The lowest BCUT2D eigenvalue weighted by Crippen LogP contribution is -2.37. The Morgan fingerprint density at radius 2 is 2.14 bits per heavy atom. The van der Waals surface area contributed by atoms with Crippen molar-refractivity contribution in [2.75, 3.05) is 23.7 Å². The Bertz CT molecular complexity index is 987. The van der Waals surface area contributed by atoms with E-state index in [1.165, 1.54) is 12.1 Å². The van der Waals surface area contributed by atoms with E-state index in [4.69, 9.17) is 0 Å². The molecule has 0 aliphatic carbocycles. The molecule has 0 radical (unpaired) electrons. The number of nitrogens with one attached hydrogen (secondary N) is 4. The number of anilines is 2. The van der Waals surface area contributed by atoms with Crippen molar-refractivity contribution in [3.05, 3.63) is 46.5 Å². The van der Waals surface area contributed by atoms with Crippen molar-refractivity contribution in [3.63, 3.8) is 0 Å². The molecule has 2 aliphatic rings. The number of halogens is 1. The molecule has 2 amide bonds. The van der Waals surface area contributed by atoms with Crippen molar-refractivity contribution in [2.45, 2.75) is 26.7 Å². The first kappa shape index (κ1) is 18.4. The first-order chi connectivity index (χ1) is 13.4. The van der Waals surface area contributed by atoms with Gasteiger partial charge in [0.15, 0.2) is 0 Å². The van der Waals surface area contributed by atoms with Gasteiger partial charge < -0.3 is 20.9 Å². The van der Waals surface area contributed by atoms with Crippen LogP contribution in [0.1, 0.15) is 35.4 Å². The molecule has 0 saturated carbocycles. The molecule has 6 nitrogen and oxygen atoms in total. The first-order valence-electron chi connectivity index (χ1n) is 9.47. The van der Waals surface area contributed by atoms with Gasteiger partial charge in [0, 0.05) is 29.2 Å². The molecule has 1 atom stereocenters. The van der Waals surface area contributed by atoms with Crippen LogP contribution in [0.5, 0.6) is 0 Å². The van der Waals surface area contributed by atoms with Gasteiger partial charge in [0.2, 0.25) is 5.91 Å². The van der Waals surface area contributed by atoms with Gasteiger partial charge in [0.25, 0.3) is 5.91 Å². The molecule has 4 rings (SSSR count). The predicted octanol–water partition coefficient (Wildman–Crippen LogP) is 3.20. The molecule has 1 unspecified atom stereocenters. The van der Waals surface area contributed by atoms with Crippen molar-refractivity contribution < 1.29 is 14.0 Å². The molecule has 28 heavy (non-hydrogen) atoms. The fraction of sp³-hybridized carbons (Fsp3) is 0.333. The normalized spacial score (nSPS) is 20.2. The second-order valence-electron chi connectivity index (χ2n) is 7.40. The number of fused-ring (bicyclic) bond motifs is 1. The number of hydrogen-bond acceptors (Lipinski definition) is 3. The molecule has 3 heterocycles. The van der Waals surface area contributed by atoms with E-state index < -0.39 is 5.82 Å². The predicted molar refractivity (Wildman–Crippen MR) is 107 cm³/mol. The Hall–Kier alpha value is -2.93. The van der Waals surface area contributed by atoms with E-state index in [-0.39, 0.29) is 17.7 Å². The third kappa shape index (κ3) is 3.33. The van der Waals surface area contributed by atoms with Crippen LogP contribution in [0.25, 0.3) is 11.6 Å². The summed E-state index contributed by atoms with van der Waals surface area (Å²) >= 11 is 0. The third-order valence-corrected chi connectivity index (χ3v) is 5.45. The molecule has 1 fully saturated rings. The Kier molecular flexibility index (Phi) is 4.77. The Morgan fingerprint density at radius 3 is 2.89 bits per heavy atom. The summed E-state index contributed by atoms with van der Waals surface area (Å²) in [6.07, 6.45) is 3.58. The number of aromatic nitrogens is 1. The summed E-state index contributed by atoms with van der Waals surface area (Å²) in [4.78, 5) is 28.2. The van der Waals surface area contributed by atoms with Crippen molar-refractivity contribution >= 4 is 34.8 Å². The minimum Gasteiger partial charge on any atom is -0.357 e. The van der Waals surface area contributed by atoms with E-state index in [9.17, 15) is 14.0 Å². The number of amides is 2. The quantitative estimate of drug-likeness (QED) is 0.615. The molecular weight excluding hydrogens is 359 g/mol. The Balaban J connectivity index is 1.63. The minimum absolute atomic E-state index is 0.00243. The maximum atomic E-state index is 13.6. The monoisotopic (exact) mass is 382 g/mol. The lowest BCUT2D eigenvalue weighted by molar-refractivity contribution is -0.120. The number of piperidine rings is 1. The Labute approximate surface area is 162 Å². The van der Waals surface area contributed by atoms with Crippen LogP contribution in [-0.2, 0) is 9.59 Å². The number of hydrogen-bond donors (Lipinski definition) is 4. The number of carbonyl (C=O) groups excluding carboxylic acids is 2. The van der Waals surface area contributed by atoms with Crippen molar-refractivity contribution in [3.8, 4) is 0 Å². The van der Waals surface area contributed by atoms with Crippen LogP contribution in [0.3, 0.4) is 0 Å². The zero-order chi connectivity index (χ0) is 19.8. The van der Waals surface area contributed by atoms with Crippen molar-refractivity contribution in [2.24, 2.45) is 5.92 Å². The highest BCUT2D eigenvalue weighted by molar-refractivity contribution is 6.34. The van der Waals surface area contributed by atoms with E-state index in [0.717, 1.165) is 42.0 Å². The number of benzene rings is 1. The maximum Gasteiger partial charge on any atom is 0.256 e. The zero-order valence-corrected chi connectivity index (χ0v) is 15.9. The van der Waals surface area contributed by atoms with Gasteiger partial charge in [0.05, 0.1) is 17.2 Å². The molecule has 1 saturated heterocycles. The summed E-state index contributed by atoms with van der Waals surface area (Å²) in [6.45, 7) is 5.41. The van der Waals surface area contributed by atoms with E-state index in [2.05, 4.69) is 20.9 Å². The largest absolute Gasteiger partial charge is 0.357 e. The highest BCUT2D eigenvalue weighted by Gasteiger charge is 2.26. The molecule has 0 spiro atoms. The smallest absolute Gasteiger partial charge is 0.256 e. The van der Waals surface area contributed by atoms with Crippen molar-refractivity contribution in [1.29, 1.82) is 0 Å². The highest BCUT2D eigenvalue weighted by atomic mass is 19.1. The minimum atomic E-state index is -0.394. The Morgan fingerprint density at radius 1 is 1.32 bits per heavy atom. The SMILES string of the molecule is Cc1[nH]c(/C=C2\C(=O)Nc3ccc(F)cc32)c(C)c1NC(=O)C1CCCNC1. The number of rotatable bonds is 3. The number of aryl methyl sites for hydroxylation is 1. The molecule has 2 aromatic rings. The number of aromatic amines is 1. The average molecular weight is 382 g/mol. The van der Waals surface area contributed by atoms with Crippen molar-refractivity contribution in [1.82, 2.24) is 10.3 Å². The second kappa shape index (κ2) is 7.24. The lowest BCUT2D eigenvalue weighted by atomic mass is 9.98. The van der Waals surface area contributed by atoms with Gasteiger partial charge in [-0.3, -0.25) is 9.59 Å². The van der Waals surface area contributed by atoms with Crippen LogP contribution in [0.4, 0.5) is 15.8 Å². The summed E-state index contributed by atoms with van der Waals surface area (Å²) in [5.74, 6) is -0.706. The molecule has 7 heteroatoms. The fourth-order valence-corrected chi connectivity index (χ4v) is 3.85. The van der Waals surface area contributed by atoms with Gasteiger partial charge in [-0.05, 0) is 63.1 Å². The summed E-state index contributed by atoms with van der Waals surface area (Å²) < 4.78 is 13.6. The zero-order valence-electron chi connectivity index (χ0n) is 15.9. The van der Waals surface area contributed by atoms with Gasteiger partial charge in [-0.25, -0.2) is 4.39 Å². The fourth-order valence-electron chi connectivity index (χ4n) is 3.85. The van der Waals surface area contributed by atoms with Crippen LogP contribution in [0, 0.1) is 25.6 Å². The van der Waals surface area contributed by atoms with Gasteiger partial charge in [-0.15, -0.1) is 0 Å². The summed E-state index contributed by atoms with van der Waals surface area (Å²) in [6, 6.07) is 4.23. The van der Waals surface area contributed by atoms with Gasteiger partial charge in [-0.2, -0.15) is 0 Å². The lowest BCUT2D eigenvalue weighted by Gasteiger charge is -2.22. The number of carbonyl (C=O) groups is 2. The third-order valence-electron chi connectivity index (χ3n) is 5.45. The van der Waals surface area contributed by atoms with E-state index in [0.29, 0.717) is 23.4 Å². The average Bonchev–Trinajstić information content (AvgIpc) is 3.13. The van der Waals surface area contributed by atoms with E-state index >= 15 is 0 Å². The van der Waals surface area contributed by atoms with Gasteiger partial charge in [-0.1, -0.05) is 0 Å². The molecule has 0 bridgehead atoms. The molecule has 1 aromatic heterocycles. The molecular formula is C21H23FN4O2. The topological polar surface area (TPSA) is 86.0 Å². The van der Waals surface area contributed by atoms with Crippen LogP contribution < -0.4 is 16.0 Å². The highest BCUT2D eigenvalue weighted by Crippen LogP contribution is 2.35. The van der Waals surface area contributed by atoms with Crippen LogP contribution in [0.15, 0.2) is 18.2 Å². The van der Waals surface area contributed by atoms with Crippen LogP contribution in [-0.4, -0.2) is 29.9 Å². The summed E-state index contributed by atoms with van der Waals surface area (Å²) in [5, 5.41) is 9.03. The van der Waals surface area contributed by atoms with Gasteiger partial charge in [0.1, 0.15) is 5.82 Å². The number of H-pyrrole nitrogens is 1. The van der Waals surface area contributed by atoms with E-state index in [1.54, 1.807) is 12.1 Å². The van der Waals surface area contributed by atoms with Crippen LogP contribution >= 0.6 is 0 Å². The van der Waals surface area contributed by atoms with Gasteiger partial charge >= 0.3 is 0 Å². The maximum absolute atomic E-state index is 13.6. The van der Waals surface area contributed by atoms with Crippen LogP contribution in [0.2, 0.25) is 0 Å². The van der Waals surface area contributed by atoms with E-state index in [1.807, 2.05) is 13.8 Å². The summed E-state index contributed by atoms with van der Waals surface area (Å²) in [7, 11) is 0. The molecule has 146 valence electrons. The standard InChI is InChI=1S/C21H23FN4O2/c1-11-18(9-16-15-8-14(22)5-6-17(15)25-21(16)28)24-12(2)19(11)26-20(27)13-4-3-7-23-10-13/h5-6,8-9,13,23-24H,3-4,7,10H2,1-2H3,(H,25,28)(H,26,27)/b16-9-. The summed E-state index contributed by atoms with van der Waals surface area (Å²) in [5.41, 5.74) is 4.65. The second-order valence-corrected chi connectivity index (χ2v) is 7.40. The molecule has 2 aliphatic heterocycles. The molecule has 4 N–H and O–H groups in total.